The van der Waals surface area contributed by atoms with E-state index in [4.69, 9.17) is 0 Å². The first-order valence-corrected chi connectivity index (χ1v) is 5.13. The van der Waals surface area contributed by atoms with Crippen LogP contribution in [0.1, 0.15) is 15.9 Å². The molecule has 0 N–H and O–H groups in total. The number of carbonyl (C=O) groups excluding carboxylic acids is 1. The molecular formula is C12H9F3N2O. The lowest BCUT2D eigenvalue weighted by Gasteiger charge is -2.03. The number of carbonyl (C=O) groups is 1. The Morgan fingerprint density at radius 1 is 1.22 bits per heavy atom. The minimum absolute atomic E-state index is 0.350. The molecule has 2 aromatic heterocycles. The number of hydrogen-bond acceptors (Lipinski definition) is 2. The molecule has 0 bridgehead atoms. The molecule has 0 radical (unpaired) electrons. The highest BCUT2D eigenvalue weighted by Crippen LogP contribution is 2.21. The largest absolute Gasteiger partial charge is 0.454 e. The zero-order valence-electron chi connectivity index (χ0n) is 9.19. The van der Waals surface area contributed by atoms with Gasteiger partial charge in [-0.1, -0.05) is 0 Å². The molecule has 2 aromatic rings. The Morgan fingerprint density at radius 3 is 2.50 bits per heavy atom. The minimum Gasteiger partial charge on any atom is -0.349 e. The Morgan fingerprint density at radius 2 is 1.89 bits per heavy atom. The highest BCUT2D eigenvalue weighted by molar-refractivity contribution is 6.00. The second kappa shape index (κ2) is 4.64. The number of aromatic nitrogens is 2. The lowest BCUT2D eigenvalue weighted by atomic mass is 10.2. The van der Waals surface area contributed by atoms with E-state index in [0.29, 0.717) is 6.54 Å². The summed E-state index contributed by atoms with van der Waals surface area (Å²) >= 11 is 0. The van der Waals surface area contributed by atoms with E-state index < -0.39 is 12.0 Å². The van der Waals surface area contributed by atoms with Crippen molar-refractivity contribution in [2.75, 3.05) is 0 Å². The van der Waals surface area contributed by atoms with Crippen LogP contribution in [-0.4, -0.2) is 21.5 Å². The van der Waals surface area contributed by atoms with Gasteiger partial charge in [-0.25, -0.2) is 0 Å². The number of nitrogens with zero attached hydrogens (tertiary/aromatic N) is 2. The maximum atomic E-state index is 12.2. The minimum atomic E-state index is -4.83. The highest BCUT2D eigenvalue weighted by atomic mass is 19.4. The number of pyridine rings is 1. The summed E-state index contributed by atoms with van der Waals surface area (Å²) in [6.45, 7) is 0.396. The fraction of sp³-hybridized carbons (Fsp3) is 0.167. The van der Waals surface area contributed by atoms with Crippen LogP contribution in [0.5, 0.6) is 0 Å². The van der Waals surface area contributed by atoms with Crippen molar-refractivity contribution < 1.29 is 18.0 Å². The molecule has 0 saturated heterocycles. The van der Waals surface area contributed by atoms with E-state index in [1.54, 1.807) is 24.5 Å². The smallest absolute Gasteiger partial charge is 0.349 e. The highest BCUT2D eigenvalue weighted by Gasteiger charge is 2.39. The van der Waals surface area contributed by atoms with Gasteiger partial charge < -0.3 is 4.57 Å². The first kappa shape index (κ1) is 12.3. The number of hydrogen-bond donors (Lipinski definition) is 0. The van der Waals surface area contributed by atoms with E-state index >= 15 is 0 Å². The molecule has 94 valence electrons. The molecular weight excluding hydrogens is 245 g/mol. The predicted octanol–water partition coefficient (Wildman–Crippen LogP) is 2.68. The van der Waals surface area contributed by atoms with Gasteiger partial charge in [0.15, 0.2) is 0 Å². The van der Waals surface area contributed by atoms with Crippen LogP contribution in [0, 0.1) is 0 Å². The number of Topliss-reactive ketones (excluding diaryl/α,β-unsaturated/α-hetero) is 1. The number of alkyl halides is 3. The number of halogens is 3. The van der Waals surface area contributed by atoms with Crippen LogP contribution in [0.15, 0.2) is 43.0 Å². The van der Waals surface area contributed by atoms with Crippen LogP contribution < -0.4 is 0 Å². The second-order valence-electron chi connectivity index (χ2n) is 3.75. The van der Waals surface area contributed by atoms with Gasteiger partial charge in [-0.3, -0.25) is 9.78 Å². The molecule has 0 fully saturated rings. The van der Waals surface area contributed by atoms with Gasteiger partial charge >= 0.3 is 6.18 Å². The molecule has 0 spiro atoms. The summed E-state index contributed by atoms with van der Waals surface area (Å²) in [7, 11) is 0. The van der Waals surface area contributed by atoms with Gasteiger partial charge in [0.25, 0.3) is 5.78 Å². The monoisotopic (exact) mass is 254 g/mol. The molecule has 0 aliphatic heterocycles. The van der Waals surface area contributed by atoms with Gasteiger partial charge in [-0.2, -0.15) is 13.2 Å². The van der Waals surface area contributed by atoms with Crippen molar-refractivity contribution >= 4 is 5.78 Å². The van der Waals surface area contributed by atoms with E-state index in [1.807, 2.05) is 0 Å². The van der Waals surface area contributed by atoms with E-state index in [-0.39, 0.29) is 5.56 Å². The van der Waals surface area contributed by atoms with E-state index in [0.717, 1.165) is 11.6 Å². The van der Waals surface area contributed by atoms with Gasteiger partial charge in [-0.15, -0.1) is 0 Å². The number of rotatable bonds is 3. The fourth-order valence-electron chi connectivity index (χ4n) is 1.54. The third-order valence-corrected chi connectivity index (χ3v) is 2.38. The molecule has 0 unspecified atom stereocenters. The van der Waals surface area contributed by atoms with Crippen LogP contribution in [0.3, 0.4) is 0 Å². The van der Waals surface area contributed by atoms with Crippen LogP contribution >= 0.6 is 0 Å². The molecule has 0 atom stereocenters. The van der Waals surface area contributed by atoms with Crippen LogP contribution in [0.2, 0.25) is 0 Å². The summed E-state index contributed by atoms with van der Waals surface area (Å²) in [4.78, 5) is 14.8. The van der Waals surface area contributed by atoms with Crippen molar-refractivity contribution in [1.29, 1.82) is 0 Å². The third-order valence-electron chi connectivity index (χ3n) is 2.38. The second-order valence-corrected chi connectivity index (χ2v) is 3.75. The first-order valence-electron chi connectivity index (χ1n) is 5.13. The van der Waals surface area contributed by atoms with E-state index in [2.05, 4.69) is 4.98 Å². The van der Waals surface area contributed by atoms with Gasteiger partial charge in [-0.05, 0) is 23.8 Å². The predicted molar refractivity (Wildman–Crippen MR) is 58.2 cm³/mol. The fourth-order valence-corrected chi connectivity index (χ4v) is 1.54. The summed E-state index contributed by atoms with van der Waals surface area (Å²) < 4.78 is 38.1. The quantitative estimate of drug-likeness (QED) is 0.789. The van der Waals surface area contributed by atoms with Crippen molar-refractivity contribution in [3.05, 3.63) is 54.1 Å². The zero-order valence-corrected chi connectivity index (χ0v) is 9.19. The van der Waals surface area contributed by atoms with E-state index in [1.165, 1.54) is 17.0 Å². The normalized spacial score (nSPS) is 11.5. The lowest BCUT2D eigenvalue weighted by molar-refractivity contribution is -0.0885. The van der Waals surface area contributed by atoms with Gasteiger partial charge in [0.1, 0.15) is 0 Å². The molecule has 3 nitrogen and oxygen atoms in total. The Balaban J connectivity index is 2.14. The lowest BCUT2D eigenvalue weighted by Crippen LogP contribution is -2.22. The standard InChI is InChI=1S/C12H9F3N2O/c13-12(14,15)11(18)10-3-6-17(8-10)7-9-1-4-16-5-2-9/h1-6,8H,7H2. The molecule has 0 aromatic carbocycles. The Labute approximate surface area is 101 Å². The van der Waals surface area contributed by atoms with Crippen molar-refractivity contribution in [3.8, 4) is 0 Å². The first-order chi connectivity index (χ1) is 8.47. The summed E-state index contributed by atoms with van der Waals surface area (Å²) in [6, 6.07) is 4.67. The summed E-state index contributed by atoms with van der Waals surface area (Å²) in [5, 5.41) is 0. The zero-order chi connectivity index (χ0) is 13.2. The molecule has 0 aliphatic carbocycles. The average Bonchev–Trinajstić information content (AvgIpc) is 2.76. The van der Waals surface area contributed by atoms with Gasteiger partial charge in [0.05, 0.1) is 0 Å². The van der Waals surface area contributed by atoms with Crippen molar-refractivity contribution in [1.82, 2.24) is 9.55 Å². The summed E-state index contributed by atoms with van der Waals surface area (Å²) in [6.07, 6.45) is 1.000. The van der Waals surface area contributed by atoms with Gasteiger partial charge in [0, 0.05) is 36.9 Å². The van der Waals surface area contributed by atoms with Crippen LogP contribution in [0.4, 0.5) is 13.2 Å². The Kier molecular flexibility index (Phi) is 3.18. The third kappa shape index (κ3) is 2.77. The number of ketones is 1. The molecule has 0 aliphatic rings. The Bertz CT molecular complexity index is 546. The molecule has 0 saturated carbocycles. The Hall–Kier alpha value is -2.11. The average molecular weight is 254 g/mol. The molecule has 18 heavy (non-hydrogen) atoms. The molecule has 6 heteroatoms. The maximum Gasteiger partial charge on any atom is 0.454 e. The topological polar surface area (TPSA) is 34.9 Å². The molecule has 2 heterocycles. The van der Waals surface area contributed by atoms with Crippen molar-refractivity contribution in [2.24, 2.45) is 0 Å². The van der Waals surface area contributed by atoms with Gasteiger partial charge in [0.2, 0.25) is 0 Å². The van der Waals surface area contributed by atoms with Crippen LogP contribution in [-0.2, 0) is 6.54 Å². The maximum absolute atomic E-state index is 12.2. The van der Waals surface area contributed by atoms with Crippen molar-refractivity contribution in [3.63, 3.8) is 0 Å². The molecule has 2 rings (SSSR count). The summed E-state index contributed by atoms with van der Waals surface area (Å²) in [5.41, 5.74) is 0.545. The SMILES string of the molecule is O=C(c1ccn(Cc2ccncc2)c1)C(F)(F)F. The summed E-state index contributed by atoms with van der Waals surface area (Å²) in [5.74, 6) is -1.82. The van der Waals surface area contributed by atoms with Crippen LogP contribution in [0.25, 0.3) is 0 Å². The molecule has 0 amide bonds. The van der Waals surface area contributed by atoms with Crippen molar-refractivity contribution in [2.45, 2.75) is 12.7 Å². The van der Waals surface area contributed by atoms with E-state index in [9.17, 15) is 18.0 Å².